The van der Waals surface area contributed by atoms with Crippen LogP contribution in [0.1, 0.15) is 41.5 Å². The lowest BCUT2D eigenvalue weighted by Crippen LogP contribution is -2.47. The topological polar surface area (TPSA) is 26.3 Å². The van der Waals surface area contributed by atoms with Crippen LogP contribution in [0.2, 0.25) is 18.1 Å². The van der Waals surface area contributed by atoms with Gasteiger partial charge in [0.05, 0.1) is 0 Å². The molecule has 0 bridgehead atoms. The van der Waals surface area contributed by atoms with Crippen molar-refractivity contribution in [1.82, 2.24) is 0 Å². The first-order valence-electron chi connectivity index (χ1n) is 6.44. The molecule has 0 unspecified atom stereocenters. The van der Waals surface area contributed by atoms with E-state index in [0.717, 1.165) is 0 Å². The number of carbonyl (C=O) groups is 1. The van der Waals surface area contributed by atoms with Gasteiger partial charge in [-0.05, 0) is 58.2 Å². The van der Waals surface area contributed by atoms with Gasteiger partial charge in [-0.15, -0.1) is 0 Å². The summed E-state index contributed by atoms with van der Waals surface area (Å²) in [7, 11) is -1.90. The maximum Gasteiger partial charge on any atom is 0.193 e. The van der Waals surface area contributed by atoms with Gasteiger partial charge in [0, 0.05) is 5.92 Å². The molecule has 0 saturated carbocycles. The number of allylic oxidation sites excluding steroid dienone is 1. The van der Waals surface area contributed by atoms with Gasteiger partial charge < -0.3 is 4.43 Å². The van der Waals surface area contributed by atoms with E-state index in [0.29, 0.717) is 0 Å². The summed E-state index contributed by atoms with van der Waals surface area (Å²) < 4.78 is 7.48. The molecule has 0 N–H and O–H groups in total. The van der Waals surface area contributed by atoms with Crippen LogP contribution in [0.15, 0.2) is 9.66 Å². The van der Waals surface area contributed by atoms with E-state index in [-0.39, 0.29) is 22.8 Å². The van der Waals surface area contributed by atoms with Crippen LogP contribution in [0.3, 0.4) is 0 Å². The number of ketones is 1. The van der Waals surface area contributed by atoms with Crippen LogP contribution in [0.25, 0.3) is 0 Å². The Labute approximate surface area is 127 Å². The number of Topliss-reactive ketones (excluding diaryl/α,β-unsaturated/α-hetero) is 1. The minimum absolute atomic E-state index is 0.127. The van der Waals surface area contributed by atoms with Crippen molar-refractivity contribution in [1.29, 1.82) is 0 Å². The summed E-state index contributed by atoms with van der Waals surface area (Å²) >= 11 is 2.30. The van der Waals surface area contributed by atoms with Crippen molar-refractivity contribution >= 4 is 36.7 Å². The third-order valence-electron chi connectivity index (χ3n) is 3.79. The van der Waals surface area contributed by atoms with Gasteiger partial charge in [-0.3, -0.25) is 4.79 Å². The van der Waals surface area contributed by atoms with E-state index >= 15 is 0 Å². The van der Waals surface area contributed by atoms with Crippen molar-refractivity contribution in [3.8, 4) is 0 Å². The van der Waals surface area contributed by atoms with E-state index in [1.54, 1.807) is 6.92 Å². The van der Waals surface area contributed by atoms with Crippen molar-refractivity contribution in [3.63, 3.8) is 0 Å². The molecule has 0 aromatic carbocycles. The molecule has 0 aliphatic rings. The normalized spacial score (nSPS) is 17.5. The Hall–Kier alpha value is 0.317. The highest BCUT2D eigenvalue weighted by atomic mass is 127. The maximum absolute atomic E-state index is 11.9. The molecule has 18 heavy (non-hydrogen) atoms. The van der Waals surface area contributed by atoms with Gasteiger partial charge in [-0.25, -0.2) is 0 Å². The van der Waals surface area contributed by atoms with Crippen LogP contribution < -0.4 is 0 Å². The molecule has 0 rings (SSSR count). The van der Waals surface area contributed by atoms with Crippen molar-refractivity contribution in [2.24, 2.45) is 5.92 Å². The Bertz CT molecular complexity index is 329. The molecule has 0 spiro atoms. The van der Waals surface area contributed by atoms with E-state index in [2.05, 4.69) is 69.5 Å². The summed E-state index contributed by atoms with van der Waals surface area (Å²) in [5, 5.41) is 0.127. The monoisotopic (exact) mass is 382 g/mol. The highest BCUT2D eigenvalue weighted by Gasteiger charge is 2.41. The van der Waals surface area contributed by atoms with E-state index < -0.39 is 8.32 Å². The molecule has 106 valence electrons. The van der Waals surface area contributed by atoms with E-state index in [1.807, 2.05) is 6.92 Å². The molecule has 0 radical (unpaired) electrons. The summed E-state index contributed by atoms with van der Waals surface area (Å²) in [6, 6.07) is 0. The Balaban J connectivity index is 5.14. The number of carbonyl (C=O) groups excluding carboxylic acids is 1. The lowest BCUT2D eigenvalue weighted by atomic mass is 10.0. The van der Waals surface area contributed by atoms with Crippen molar-refractivity contribution in [2.45, 2.75) is 65.8 Å². The minimum atomic E-state index is -1.90. The quantitative estimate of drug-likeness (QED) is 0.497. The molecule has 0 heterocycles. The van der Waals surface area contributed by atoms with Crippen molar-refractivity contribution < 1.29 is 9.22 Å². The molecule has 0 fully saturated rings. The third kappa shape index (κ3) is 4.77. The maximum atomic E-state index is 11.9. The molecular formula is C14H27IO2Si. The van der Waals surface area contributed by atoms with Gasteiger partial charge in [0.15, 0.2) is 14.1 Å². The largest absolute Gasteiger partial charge is 0.406 e. The Morgan fingerprint density at radius 2 is 1.78 bits per heavy atom. The average Bonchev–Trinajstić information content (AvgIpc) is 2.21. The highest BCUT2D eigenvalue weighted by molar-refractivity contribution is 14.1. The van der Waals surface area contributed by atoms with E-state index in [9.17, 15) is 4.79 Å². The smallest absolute Gasteiger partial charge is 0.193 e. The first-order chi connectivity index (χ1) is 7.94. The van der Waals surface area contributed by atoms with Crippen LogP contribution in [-0.4, -0.2) is 20.2 Å². The highest BCUT2D eigenvalue weighted by Crippen LogP contribution is 2.39. The zero-order chi connectivity index (χ0) is 14.7. The number of hydrogen-bond acceptors (Lipinski definition) is 2. The molecule has 0 aliphatic heterocycles. The summed E-state index contributed by atoms with van der Waals surface area (Å²) in [5.41, 5.74) is 0. The summed E-state index contributed by atoms with van der Waals surface area (Å²) in [5.74, 6) is 0.269. The predicted molar refractivity (Wildman–Crippen MR) is 89.7 cm³/mol. The molecule has 2 nitrogen and oxygen atoms in total. The Morgan fingerprint density at radius 1 is 1.33 bits per heavy atom. The summed E-state index contributed by atoms with van der Waals surface area (Å²) in [6.07, 6.45) is 1.74. The second kappa shape index (κ2) is 6.66. The molecule has 0 aromatic heterocycles. The Kier molecular flexibility index (Phi) is 6.77. The minimum Gasteiger partial charge on any atom is -0.406 e. The standard InChI is InChI=1S/C14H27IO2Si/c1-9-12(15)10(2)13(11(3)16)17-18(7,8)14(4,5)6/h9-10,13H,1-8H3/b12-9-/t10-,13+/m1/s1. The predicted octanol–water partition coefficient (Wildman–Crippen LogP) is 4.94. The van der Waals surface area contributed by atoms with Crippen LogP contribution >= 0.6 is 22.6 Å². The van der Waals surface area contributed by atoms with Crippen LogP contribution in [-0.2, 0) is 9.22 Å². The van der Waals surface area contributed by atoms with Crippen LogP contribution in [0.4, 0.5) is 0 Å². The van der Waals surface area contributed by atoms with Gasteiger partial charge in [-0.2, -0.15) is 0 Å². The average molecular weight is 382 g/mol. The summed E-state index contributed by atoms with van der Waals surface area (Å²) in [4.78, 5) is 11.9. The van der Waals surface area contributed by atoms with Crippen LogP contribution in [0, 0.1) is 5.92 Å². The molecule has 2 atom stereocenters. The van der Waals surface area contributed by atoms with Gasteiger partial charge in [-0.1, -0.05) is 33.8 Å². The molecule has 0 aliphatic carbocycles. The number of hydrogen-bond donors (Lipinski definition) is 0. The summed E-state index contributed by atoms with van der Waals surface area (Å²) in [6.45, 7) is 16.7. The lowest BCUT2D eigenvalue weighted by molar-refractivity contribution is -0.125. The fourth-order valence-electron chi connectivity index (χ4n) is 1.44. The van der Waals surface area contributed by atoms with E-state index in [1.165, 1.54) is 3.58 Å². The van der Waals surface area contributed by atoms with E-state index in [4.69, 9.17) is 4.43 Å². The molecular weight excluding hydrogens is 355 g/mol. The van der Waals surface area contributed by atoms with Crippen molar-refractivity contribution in [3.05, 3.63) is 9.66 Å². The molecule has 0 aromatic rings. The number of rotatable bonds is 5. The SMILES string of the molecule is C/C=C(\I)[C@@H](C)[C@H](O[Si](C)(C)C(C)(C)C)C(C)=O. The second-order valence-electron chi connectivity index (χ2n) is 6.37. The fourth-order valence-corrected chi connectivity index (χ4v) is 3.12. The van der Waals surface area contributed by atoms with Gasteiger partial charge in [0.2, 0.25) is 0 Å². The second-order valence-corrected chi connectivity index (χ2v) is 12.4. The van der Waals surface area contributed by atoms with Gasteiger partial charge in [0.25, 0.3) is 0 Å². The van der Waals surface area contributed by atoms with Gasteiger partial charge in [0.1, 0.15) is 6.10 Å². The molecule has 4 heteroatoms. The third-order valence-corrected chi connectivity index (χ3v) is 9.85. The number of halogens is 1. The van der Waals surface area contributed by atoms with Gasteiger partial charge >= 0.3 is 0 Å². The zero-order valence-corrected chi connectivity index (χ0v) is 16.1. The first-order valence-corrected chi connectivity index (χ1v) is 10.4. The van der Waals surface area contributed by atoms with Crippen LogP contribution in [0.5, 0.6) is 0 Å². The zero-order valence-electron chi connectivity index (χ0n) is 12.9. The van der Waals surface area contributed by atoms with Crippen molar-refractivity contribution in [2.75, 3.05) is 0 Å². The molecule has 0 saturated heterocycles. The fraction of sp³-hybridized carbons (Fsp3) is 0.786. The first kappa shape index (κ1) is 18.3. The lowest BCUT2D eigenvalue weighted by Gasteiger charge is -2.40. The molecule has 0 amide bonds. The Morgan fingerprint density at radius 3 is 2.06 bits per heavy atom.